The number of carboxylic acid groups (broad SMARTS) is 1. The quantitative estimate of drug-likeness (QED) is 0.258. The average Bonchev–Trinajstić information content (AvgIpc) is 3.56. The predicted octanol–water partition coefficient (Wildman–Crippen LogP) is 1.15. The predicted molar refractivity (Wildman–Crippen MR) is 143 cm³/mol. The van der Waals surface area contributed by atoms with Gasteiger partial charge in [-0.2, -0.15) is 0 Å². The summed E-state index contributed by atoms with van der Waals surface area (Å²) in [6, 6.07) is 4.98. The van der Waals surface area contributed by atoms with Crippen molar-refractivity contribution in [3.05, 3.63) is 52.2 Å². The van der Waals surface area contributed by atoms with Crippen LogP contribution in [0.25, 0.3) is 0 Å². The van der Waals surface area contributed by atoms with Gasteiger partial charge in [-0.1, -0.05) is 53.4 Å². The molecule has 3 atom stereocenters. The molecule has 5 rings (SSSR count). The highest BCUT2D eigenvalue weighted by atomic mass is 32.2. The normalized spacial score (nSPS) is 21.2. The maximum atomic E-state index is 13.4. The largest absolute Gasteiger partial charge is 0.477 e. The van der Waals surface area contributed by atoms with Crippen molar-refractivity contribution in [3.8, 4) is 0 Å². The Hall–Kier alpha value is -3.63. The van der Waals surface area contributed by atoms with E-state index in [4.69, 9.17) is 0 Å². The highest BCUT2D eigenvalue weighted by Crippen LogP contribution is 2.42. The summed E-state index contributed by atoms with van der Waals surface area (Å²) in [7, 11) is 0. The first-order valence-electron chi connectivity index (χ1n) is 11.8. The average molecular weight is 590 g/mol. The smallest absolute Gasteiger partial charge is 0.352 e. The van der Waals surface area contributed by atoms with Gasteiger partial charge in [0, 0.05) is 24.6 Å². The van der Waals surface area contributed by atoms with Crippen LogP contribution in [0.2, 0.25) is 0 Å². The second-order valence-corrected chi connectivity index (χ2v) is 12.2. The fraction of sp³-hybridized carbons (Fsp3) is 0.348. The van der Waals surface area contributed by atoms with E-state index in [9.17, 15) is 29.1 Å². The summed E-state index contributed by atoms with van der Waals surface area (Å²) in [5.41, 5.74) is 0.953. The van der Waals surface area contributed by atoms with Gasteiger partial charge in [-0.3, -0.25) is 14.5 Å². The van der Waals surface area contributed by atoms with Gasteiger partial charge in [-0.15, -0.1) is 22.0 Å². The number of carbonyl (C=O) groups excluding carboxylic acids is 4. The number of β-lactam (4-membered cyclic amide) rings is 1. The number of carbonyl (C=O) groups is 5. The number of carboxylic acids is 1. The van der Waals surface area contributed by atoms with Crippen molar-refractivity contribution in [2.45, 2.75) is 28.7 Å². The van der Waals surface area contributed by atoms with E-state index in [2.05, 4.69) is 26.1 Å². The Morgan fingerprint density at radius 1 is 1.23 bits per heavy atom. The van der Waals surface area contributed by atoms with Crippen LogP contribution in [-0.4, -0.2) is 91.0 Å². The lowest BCUT2D eigenvalue weighted by molar-refractivity contribution is -0.151. The summed E-state index contributed by atoms with van der Waals surface area (Å²) in [6.45, 7) is 2.29. The second-order valence-electron chi connectivity index (χ2n) is 8.71. The van der Waals surface area contributed by atoms with E-state index in [0.29, 0.717) is 33.5 Å². The Labute approximate surface area is 234 Å². The number of rotatable bonds is 8. The zero-order valence-corrected chi connectivity index (χ0v) is 22.9. The van der Waals surface area contributed by atoms with Crippen molar-refractivity contribution < 1.29 is 29.1 Å². The Bertz CT molecular complexity index is 1370. The fourth-order valence-electron chi connectivity index (χ4n) is 4.33. The molecule has 1 aromatic heterocycles. The molecule has 6 amide bonds. The molecule has 0 bridgehead atoms. The van der Waals surface area contributed by atoms with E-state index in [0.717, 1.165) is 9.91 Å². The molecule has 4 N–H and O–H groups in total. The van der Waals surface area contributed by atoms with Gasteiger partial charge in [0.1, 0.15) is 28.2 Å². The zero-order chi connectivity index (χ0) is 27.7. The molecule has 0 saturated carbocycles. The van der Waals surface area contributed by atoms with Gasteiger partial charge < -0.3 is 21.1 Å². The summed E-state index contributed by atoms with van der Waals surface area (Å²) in [4.78, 5) is 65.5. The molecular formula is C23H23N7O6S3. The van der Waals surface area contributed by atoms with Gasteiger partial charge >= 0.3 is 18.0 Å². The molecule has 0 spiro atoms. The second kappa shape index (κ2) is 11.2. The lowest BCUT2D eigenvalue weighted by Gasteiger charge is -2.49. The van der Waals surface area contributed by atoms with E-state index in [-0.39, 0.29) is 12.2 Å². The molecule has 2 fully saturated rings. The van der Waals surface area contributed by atoms with Crippen molar-refractivity contribution in [1.82, 2.24) is 35.9 Å². The van der Waals surface area contributed by atoms with E-state index in [1.807, 2.05) is 6.92 Å². The van der Waals surface area contributed by atoms with Crippen LogP contribution < -0.4 is 16.0 Å². The van der Waals surface area contributed by atoms with Gasteiger partial charge in [-0.05, 0) is 18.1 Å². The van der Waals surface area contributed by atoms with E-state index in [1.54, 1.807) is 30.3 Å². The lowest BCUT2D eigenvalue weighted by Crippen LogP contribution is -2.71. The van der Waals surface area contributed by atoms with E-state index >= 15 is 0 Å². The van der Waals surface area contributed by atoms with Crippen molar-refractivity contribution >= 4 is 64.7 Å². The number of urea groups is 2. The number of aryl methyl sites for hydroxylation is 1. The fourth-order valence-corrected chi connectivity index (χ4v) is 7.63. The molecule has 3 aliphatic rings. The van der Waals surface area contributed by atoms with Crippen LogP contribution in [0.3, 0.4) is 0 Å². The number of aliphatic carboxylic acids is 1. The van der Waals surface area contributed by atoms with E-state index < -0.39 is 47.3 Å². The summed E-state index contributed by atoms with van der Waals surface area (Å²) >= 11 is 4.11. The van der Waals surface area contributed by atoms with Gasteiger partial charge in [0.2, 0.25) is 5.91 Å². The third-order valence-corrected chi connectivity index (χ3v) is 9.59. The van der Waals surface area contributed by atoms with Crippen molar-refractivity contribution in [1.29, 1.82) is 0 Å². The van der Waals surface area contributed by atoms with Crippen LogP contribution in [0.5, 0.6) is 0 Å². The van der Waals surface area contributed by atoms with E-state index in [1.165, 1.54) is 39.8 Å². The highest BCUT2D eigenvalue weighted by Gasteiger charge is 2.54. The molecule has 39 heavy (non-hydrogen) atoms. The molecule has 1 aromatic carbocycles. The number of hydrogen-bond donors (Lipinski definition) is 4. The highest BCUT2D eigenvalue weighted by molar-refractivity contribution is 8.01. The minimum absolute atomic E-state index is 0.0871. The first-order valence-corrected chi connectivity index (χ1v) is 14.6. The van der Waals surface area contributed by atoms with Crippen molar-refractivity contribution in [2.75, 3.05) is 24.6 Å². The van der Waals surface area contributed by atoms with Crippen LogP contribution in [0.15, 0.2) is 45.9 Å². The molecule has 13 nitrogen and oxygen atoms in total. The van der Waals surface area contributed by atoms with Crippen LogP contribution in [0.1, 0.15) is 16.6 Å². The Balaban J connectivity index is 1.30. The minimum atomic E-state index is -1.22. The number of nitrogens with zero attached hydrogens (tertiary/aromatic N) is 4. The van der Waals surface area contributed by atoms with Gasteiger partial charge in [0.05, 0.1) is 0 Å². The molecule has 0 aliphatic carbocycles. The van der Waals surface area contributed by atoms with Gasteiger partial charge in [-0.25, -0.2) is 19.3 Å². The first-order chi connectivity index (χ1) is 18.7. The van der Waals surface area contributed by atoms with Crippen LogP contribution in [-0.2, 0) is 14.4 Å². The summed E-state index contributed by atoms with van der Waals surface area (Å²) in [5.74, 6) is -1.73. The van der Waals surface area contributed by atoms with Gasteiger partial charge in [0.25, 0.3) is 5.91 Å². The molecule has 4 heterocycles. The monoisotopic (exact) mass is 589 g/mol. The van der Waals surface area contributed by atoms with Crippen LogP contribution in [0.4, 0.5) is 9.59 Å². The number of aromatic nitrogens is 2. The maximum Gasteiger partial charge on any atom is 0.352 e. The minimum Gasteiger partial charge on any atom is -0.477 e. The SMILES string of the molecule is Cc1nnc(SCC2=C(C(=O)O)N3C(=O)C(NC(=O)C(NC(=O)N4CCNC4=O)c4ccccc4)[C@H]3SC2)s1. The van der Waals surface area contributed by atoms with Gasteiger partial charge in [0.15, 0.2) is 4.34 Å². The van der Waals surface area contributed by atoms with Crippen molar-refractivity contribution in [3.63, 3.8) is 0 Å². The number of nitrogens with one attached hydrogen (secondary N) is 3. The number of hydrogen-bond acceptors (Lipinski definition) is 10. The lowest BCUT2D eigenvalue weighted by atomic mass is 10.0. The van der Waals surface area contributed by atoms with Crippen LogP contribution in [0, 0.1) is 6.92 Å². The Kier molecular flexibility index (Phi) is 7.76. The van der Waals surface area contributed by atoms with Crippen LogP contribution >= 0.6 is 34.9 Å². The Morgan fingerprint density at radius 3 is 2.64 bits per heavy atom. The topological polar surface area (TPSA) is 174 Å². The molecule has 0 radical (unpaired) electrons. The van der Waals surface area contributed by atoms with Crippen molar-refractivity contribution in [2.24, 2.45) is 0 Å². The summed E-state index contributed by atoms with van der Waals surface area (Å²) in [6.07, 6.45) is 0. The standard InChI is InChI=1S/C23H23N7O6S3/c1-11-27-28-23(39-11)38-10-13-9-37-19-15(18(32)30(19)16(13)20(33)34)25-17(31)14(12-5-3-2-4-6-12)26-22(36)29-8-7-24-21(29)35/h2-6,14-15,19H,7-10H2,1H3,(H,24,35)(H,25,31)(H,26,36)(H,33,34)/t14?,15?,19-/m1/s1. The molecule has 2 unspecified atom stereocenters. The first kappa shape index (κ1) is 27.0. The zero-order valence-electron chi connectivity index (χ0n) is 20.4. The molecule has 2 aromatic rings. The third kappa shape index (κ3) is 5.44. The third-order valence-electron chi connectivity index (χ3n) is 6.19. The number of fused-ring (bicyclic) bond motifs is 1. The molecule has 204 valence electrons. The molecule has 3 aliphatic heterocycles. The number of imide groups is 1. The molecular weight excluding hydrogens is 566 g/mol. The number of benzene rings is 1. The number of amides is 6. The Morgan fingerprint density at radius 2 is 2.00 bits per heavy atom. The maximum absolute atomic E-state index is 13.4. The molecule has 2 saturated heterocycles. The summed E-state index contributed by atoms with van der Waals surface area (Å²) < 4.78 is 0.706. The summed E-state index contributed by atoms with van der Waals surface area (Å²) in [5, 5.41) is 25.9. The number of thioether (sulfide) groups is 2. The molecule has 16 heteroatoms.